The first-order valence-electron chi connectivity index (χ1n) is 5.59. The van der Waals surface area contributed by atoms with Gasteiger partial charge in [0.25, 0.3) is 0 Å². The Bertz CT molecular complexity index is 646. The molecule has 0 spiro atoms. The Balaban J connectivity index is 0.00000120. The zero-order valence-corrected chi connectivity index (χ0v) is 10.5. The Hall–Kier alpha value is -2.00. The molecule has 0 saturated heterocycles. The standard InChI is InChI=1S/C14H13N3.ClH/c15-14-16-12-8-4-5-9-13(12)17(14)10-11-6-2-1-3-7-11;/h1-9H,10H2,(H2,15,16);1H/p-1. The third-order valence-corrected chi connectivity index (χ3v) is 2.87. The number of benzene rings is 2. The lowest BCUT2D eigenvalue weighted by atomic mass is 10.2. The van der Waals surface area contributed by atoms with E-state index < -0.39 is 0 Å². The highest BCUT2D eigenvalue weighted by molar-refractivity contribution is 5.78. The van der Waals surface area contributed by atoms with E-state index in [1.807, 2.05) is 47.0 Å². The molecule has 0 saturated carbocycles. The van der Waals surface area contributed by atoms with Crippen LogP contribution >= 0.6 is 0 Å². The summed E-state index contributed by atoms with van der Waals surface area (Å²) in [5, 5.41) is 0. The van der Waals surface area contributed by atoms with Crippen LogP contribution in [0.15, 0.2) is 54.6 Å². The Labute approximate surface area is 112 Å². The zero-order valence-electron chi connectivity index (χ0n) is 9.75. The minimum atomic E-state index is 0. The molecule has 0 unspecified atom stereocenters. The molecule has 1 heterocycles. The zero-order chi connectivity index (χ0) is 11.7. The summed E-state index contributed by atoms with van der Waals surface area (Å²) in [4.78, 5) is 4.35. The van der Waals surface area contributed by atoms with E-state index in [-0.39, 0.29) is 12.4 Å². The van der Waals surface area contributed by atoms with Crippen LogP contribution in [0.1, 0.15) is 5.56 Å². The van der Waals surface area contributed by atoms with Crippen molar-refractivity contribution in [3.63, 3.8) is 0 Å². The number of halogens is 1. The molecule has 4 heteroatoms. The lowest BCUT2D eigenvalue weighted by molar-refractivity contribution is -0.00000350. The van der Waals surface area contributed by atoms with Crippen LogP contribution in [0.2, 0.25) is 0 Å². The number of nitrogens with two attached hydrogens (primary N) is 1. The number of rotatable bonds is 2. The molecular weight excluding hydrogens is 246 g/mol. The van der Waals surface area contributed by atoms with Crippen molar-refractivity contribution < 1.29 is 12.4 Å². The second-order valence-electron chi connectivity index (χ2n) is 4.03. The highest BCUT2D eigenvalue weighted by Crippen LogP contribution is 2.18. The van der Waals surface area contributed by atoms with Crippen LogP contribution in [0.3, 0.4) is 0 Å². The van der Waals surface area contributed by atoms with Crippen molar-refractivity contribution in [3.05, 3.63) is 60.2 Å². The summed E-state index contributed by atoms with van der Waals surface area (Å²) in [6, 6.07) is 18.3. The van der Waals surface area contributed by atoms with Crippen LogP contribution in [0, 0.1) is 0 Å². The molecule has 2 N–H and O–H groups in total. The van der Waals surface area contributed by atoms with E-state index >= 15 is 0 Å². The van der Waals surface area contributed by atoms with Gasteiger partial charge in [0.05, 0.1) is 17.6 Å². The molecule has 0 aliphatic carbocycles. The van der Waals surface area contributed by atoms with E-state index in [0.29, 0.717) is 5.95 Å². The summed E-state index contributed by atoms with van der Waals surface area (Å²) in [6.45, 7) is 0.757. The predicted molar refractivity (Wildman–Crippen MR) is 69.7 cm³/mol. The van der Waals surface area contributed by atoms with E-state index in [4.69, 9.17) is 5.73 Å². The van der Waals surface area contributed by atoms with Crippen molar-refractivity contribution >= 4 is 17.0 Å². The molecule has 0 aliphatic heterocycles. The fourth-order valence-corrected chi connectivity index (χ4v) is 2.03. The number of hydrogen-bond acceptors (Lipinski definition) is 2. The van der Waals surface area contributed by atoms with Gasteiger partial charge in [0.15, 0.2) is 0 Å². The average Bonchev–Trinajstić information content (AvgIpc) is 2.68. The van der Waals surface area contributed by atoms with Gasteiger partial charge in [-0.1, -0.05) is 42.5 Å². The normalized spacial score (nSPS) is 10.2. The van der Waals surface area contributed by atoms with E-state index in [0.717, 1.165) is 17.6 Å². The summed E-state index contributed by atoms with van der Waals surface area (Å²) in [7, 11) is 0. The minimum Gasteiger partial charge on any atom is -1.00 e. The number of fused-ring (bicyclic) bond motifs is 1. The molecule has 3 aromatic rings. The summed E-state index contributed by atoms with van der Waals surface area (Å²) in [6.07, 6.45) is 0. The quantitative estimate of drug-likeness (QED) is 0.684. The van der Waals surface area contributed by atoms with E-state index in [2.05, 4.69) is 17.1 Å². The fourth-order valence-electron chi connectivity index (χ4n) is 2.03. The van der Waals surface area contributed by atoms with E-state index in [1.165, 1.54) is 5.56 Å². The van der Waals surface area contributed by atoms with Crippen molar-refractivity contribution in [2.75, 3.05) is 5.73 Å². The van der Waals surface area contributed by atoms with Crippen molar-refractivity contribution in [2.45, 2.75) is 6.54 Å². The second-order valence-corrected chi connectivity index (χ2v) is 4.03. The fraction of sp³-hybridized carbons (Fsp3) is 0.0714. The molecule has 0 radical (unpaired) electrons. The molecule has 0 bridgehead atoms. The van der Waals surface area contributed by atoms with Gasteiger partial charge in [-0.25, -0.2) is 4.98 Å². The molecule has 2 aromatic carbocycles. The van der Waals surface area contributed by atoms with Gasteiger partial charge in [0, 0.05) is 0 Å². The third kappa shape index (κ3) is 2.17. The van der Waals surface area contributed by atoms with Gasteiger partial charge < -0.3 is 22.7 Å². The van der Waals surface area contributed by atoms with Gasteiger partial charge in [-0.05, 0) is 17.7 Å². The predicted octanol–water partition coefficient (Wildman–Crippen LogP) is -0.329. The van der Waals surface area contributed by atoms with Crippen molar-refractivity contribution in [1.29, 1.82) is 0 Å². The first kappa shape index (κ1) is 12.5. The molecule has 0 atom stereocenters. The topological polar surface area (TPSA) is 43.8 Å². The molecular formula is C14H13ClN3-. The van der Waals surface area contributed by atoms with Gasteiger partial charge in [-0.2, -0.15) is 0 Å². The molecule has 3 rings (SSSR count). The van der Waals surface area contributed by atoms with Crippen molar-refractivity contribution in [2.24, 2.45) is 0 Å². The average molecular weight is 259 g/mol. The van der Waals surface area contributed by atoms with Crippen molar-refractivity contribution in [3.8, 4) is 0 Å². The SMILES string of the molecule is Nc1nc2ccccc2n1Cc1ccccc1.[Cl-]. The number of hydrogen-bond donors (Lipinski definition) is 1. The highest BCUT2D eigenvalue weighted by Gasteiger charge is 2.07. The number of nitrogens with zero attached hydrogens (tertiary/aromatic N) is 2. The summed E-state index contributed by atoms with van der Waals surface area (Å²) in [5.74, 6) is 0.565. The van der Waals surface area contributed by atoms with Crippen molar-refractivity contribution in [1.82, 2.24) is 9.55 Å². The number of aromatic nitrogens is 2. The second kappa shape index (κ2) is 5.10. The first-order valence-corrected chi connectivity index (χ1v) is 5.59. The van der Waals surface area contributed by atoms with Gasteiger partial charge in [0.1, 0.15) is 0 Å². The molecule has 0 amide bonds. The van der Waals surface area contributed by atoms with Crippen LogP contribution in [0.4, 0.5) is 5.95 Å². The minimum absolute atomic E-state index is 0. The number of para-hydroxylation sites is 2. The third-order valence-electron chi connectivity index (χ3n) is 2.87. The Morgan fingerprint density at radius 3 is 2.39 bits per heavy atom. The molecule has 0 fully saturated rings. The van der Waals surface area contributed by atoms with E-state index in [9.17, 15) is 0 Å². The molecule has 1 aromatic heterocycles. The van der Waals surface area contributed by atoms with Gasteiger partial charge in [-0.3, -0.25) is 0 Å². The molecule has 3 nitrogen and oxygen atoms in total. The number of nitrogen functional groups attached to an aromatic ring is 1. The lowest BCUT2D eigenvalue weighted by Gasteiger charge is -2.06. The highest BCUT2D eigenvalue weighted by atomic mass is 35.5. The molecule has 18 heavy (non-hydrogen) atoms. The summed E-state index contributed by atoms with van der Waals surface area (Å²) in [5.41, 5.74) is 9.20. The molecule has 92 valence electrons. The maximum absolute atomic E-state index is 5.95. The Morgan fingerprint density at radius 1 is 0.944 bits per heavy atom. The van der Waals surface area contributed by atoms with Gasteiger partial charge in [-0.15, -0.1) is 0 Å². The van der Waals surface area contributed by atoms with E-state index in [1.54, 1.807) is 0 Å². The monoisotopic (exact) mass is 258 g/mol. The van der Waals surface area contributed by atoms with Crippen LogP contribution in [-0.4, -0.2) is 9.55 Å². The smallest absolute Gasteiger partial charge is 0.201 e. The van der Waals surface area contributed by atoms with Gasteiger partial charge in [0.2, 0.25) is 5.95 Å². The summed E-state index contributed by atoms with van der Waals surface area (Å²) < 4.78 is 2.03. The number of anilines is 1. The lowest BCUT2D eigenvalue weighted by Crippen LogP contribution is -3.00. The van der Waals surface area contributed by atoms with Gasteiger partial charge >= 0.3 is 0 Å². The van der Waals surface area contributed by atoms with Crippen LogP contribution in [0.25, 0.3) is 11.0 Å². The van der Waals surface area contributed by atoms with Crippen LogP contribution < -0.4 is 18.1 Å². The van der Waals surface area contributed by atoms with Crippen LogP contribution in [0.5, 0.6) is 0 Å². The Kier molecular flexibility index (Phi) is 3.53. The largest absolute Gasteiger partial charge is 1.00 e. The Morgan fingerprint density at radius 2 is 1.61 bits per heavy atom. The molecule has 0 aliphatic rings. The van der Waals surface area contributed by atoms with Crippen LogP contribution in [-0.2, 0) is 6.54 Å². The maximum atomic E-state index is 5.95. The number of imidazole rings is 1. The maximum Gasteiger partial charge on any atom is 0.201 e. The summed E-state index contributed by atoms with van der Waals surface area (Å²) >= 11 is 0. The first-order chi connectivity index (χ1) is 8.34.